The van der Waals surface area contributed by atoms with Crippen molar-refractivity contribution in [3.63, 3.8) is 0 Å². The highest BCUT2D eigenvalue weighted by atomic mass is 35.5. The first kappa shape index (κ1) is 15.9. The molecule has 0 fully saturated rings. The predicted molar refractivity (Wildman–Crippen MR) is 82.7 cm³/mol. The van der Waals surface area contributed by atoms with E-state index in [1.54, 1.807) is 12.1 Å². The Morgan fingerprint density at radius 3 is 2.52 bits per heavy atom. The molecular weight excluding hydrogens is 292 g/mol. The van der Waals surface area contributed by atoms with Gasteiger partial charge in [0.15, 0.2) is 0 Å². The average molecular weight is 310 g/mol. The number of hydrogen-bond donors (Lipinski definition) is 1. The minimum absolute atomic E-state index is 0.0648. The molecule has 0 amide bonds. The number of rotatable bonds is 5. The highest BCUT2D eigenvalue weighted by molar-refractivity contribution is 6.30. The summed E-state index contributed by atoms with van der Waals surface area (Å²) in [6, 6.07) is 9.67. The van der Waals surface area contributed by atoms with E-state index in [9.17, 15) is 8.78 Å². The molecule has 1 N–H and O–H groups in total. The minimum atomic E-state index is -0.431. The molecule has 0 aliphatic rings. The van der Waals surface area contributed by atoms with Gasteiger partial charge in [0.2, 0.25) is 0 Å². The summed E-state index contributed by atoms with van der Waals surface area (Å²) in [7, 11) is 0. The third-order valence-electron chi connectivity index (χ3n) is 3.34. The van der Waals surface area contributed by atoms with Gasteiger partial charge in [0.25, 0.3) is 0 Å². The van der Waals surface area contributed by atoms with Crippen LogP contribution in [0.5, 0.6) is 0 Å². The molecule has 112 valence electrons. The lowest BCUT2D eigenvalue weighted by molar-refractivity contribution is 0.539. The second-order valence-corrected chi connectivity index (χ2v) is 5.53. The van der Waals surface area contributed by atoms with Crippen molar-refractivity contribution in [1.29, 1.82) is 0 Å². The van der Waals surface area contributed by atoms with Crippen molar-refractivity contribution in [2.24, 2.45) is 0 Å². The van der Waals surface area contributed by atoms with E-state index in [1.807, 2.05) is 19.9 Å². The molecule has 0 heterocycles. The van der Waals surface area contributed by atoms with E-state index < -0.39 is 5.82 Å². The molecule has 1 unspecified atom stereocenters. The van der Waals surface area contributed by atoms with Crippen LogP contribution in [0.25, 0.3) is 0 Å². The fourth-order valence-corrected chi connectivity index (χ4v) is 2.54. The van der Waals surface area contributed by atoms with Gasteiger partial charge in [0.05, 0.1) is 5.02 Å². The number of likely N-dealkylation sites (N-methyl/N-ethyl adjacent to an activating group) is 1. The number of nitrogens with one attached hydrogen (secondary N) is 1. The fourth-order valence-electron chi connectivity index (χ4n) is 2.42. The molecule has 0 radical (unpaired) electrons. The molecule has 0 saturated carbocycles. The SMILES string of the molecule is CCNC(Cc1ccc(Cl)c(F)c1)c1cc(C)cc(F)c1. The Morgan fingerprint density at radius 2 is 1.90 bits per heavy atom. The van der Waals surface area contributed by atoms with E-state index in [4.69, 9.17) is 11.6 Å². The molecule has 0 aliphatic heterocycles. The smallest absolute Gasteiger partial charge is 0.142 e. The van der Waals surface area contributed by atoms with Crippen LogP contribution in [0.2, 0.25) is 5.02 Å². The minimum Gasteiger partial charge on any atom is -0.310 e. The highest BCUT2D eigenvalue weighted by Crippen LogP contribution is 2.23. The number of halogens is 3. The Labute approximate surface area is 128 Å². The van der Waals surface area contributed by atoms with Crippen LogP contribution in [0.1, 0.15) is 29.7 Å². The molecule has 2 rings (SSSR count). The lowest BCUT2D eigenvalue weighted by Gasteiger charge is -2.19. The average Bonchev–Trinajstić information content (AvgIpc) is 2.41. The standard InChI is InChI=1S/C17H18ClF2N/c1-3-21-17(13-6-11(2)7-14(19)10-13)9-12-4-5-15(18)16(20)8-12/h4-8,10,17,21H,3,9H2,1-2H3. The Morgan fingerprint density at radius 1 is 1.14 bits per heavy atom. The second-order valence-electron chi connectivity index (χ2n) is 5.12. The van der Waals surface area contributed by atoms with Gasteiger partial charge in [0, 0.05) is 6.04 Å². The maximum Gasteiger partial charge on any atom is 0.142 e. The van der Waals surface area contributed by atoms with Gasteiger partial charge in [-0.2, -0.15) is 0 Å². The lowest BCUT2D eigenvalue weighted by atomic mass is 9.97. The highest BCUT2D eigenvalue weighted by Gasteiger charge is 2.14. The van der Waals surface area contributed by atoms with Gasteiger partial charge in [0.1, 0.15) is 11.6 Å². The van der Waals surface area contributed by atoms with Crippen LogP contribution in [-0.2, 0) is 6.42 Å². The van der Waals surface area contributed by atoms with E-state index in [-0.39, 0.29) is 16.9 Å². The van der Waals surface area contributed by atoms with Crippen molar-refractivity contribution >= 4 is 11.6 Å². The Bertz CT molecular complexity index is 608. The van der Waals surface area contributed by atoms with Gasteiger partial charge >= 0.3 is 0 Å². The van der Waals surface area contributed by atoms with Gasteiger partial charge < -0.3 is 5.32 Å². The van der Waals surface area contributed by atoms with Crippen LogP contribution in [0.4, 0.5) is 8.78 Å². The van der Waals surface area contributed by atoms with Crippen LogP contribution in [0.3, 0.4) is 0 Å². The molecule has 4 heteroatoms. The maximum absolute atomic E-state index is 13.6. The van der Waals surface area contributed by atoms with E-state index in [2.05, 4.69) is 5.32 Å². The van der Waals surface area contributed by atoms with E-state index in [0.29, 0.717) is 6.42 Å². The molecule has 2 aromatic carbocycles. The third kappa shape index (κ3) is 4.26. The Kier molecular flexibility index (Phi) is 5.32. The normalized spacial score (nSPS) is 12.4. The number of benzene rings is 2. The third-order valence-corrected chi connectivity index (χ3v) is 3.65. The molecular formula is C17H18ClF2N. The first-order valence-electron chi connectivity index (χ1n) is 6.94. The molecule has 0 spiro atoms. The van der Waals surface area contributed by atoms with Gasteiger partial charge in [-0.05, 0) is 60.8 Å². The summed E-state index contributed by atoms with van der Waals surface area (Å²) in [6.07, 6.45) is 0.574. The van der Waals surface area contributed by atoms with Crippen molar-refractivity contribution in [2.45, 2.75) is 26.3 Å². The van der Waals surface area contributed by atoms with Crippen LogP contribution >= 0.6 is 11.6 Å². The summed E-state index contributed by atoms with van der Waals surface area (Å²) >= 11 is 5.70. The molecule has 0 saturated heterocycles. The van der Waals surface area contributed by atoms with Crippen molar-refractivity contribution < 1.29 is 8.78 Å². The largest absolute Gasteiger partial charge is 0.310 e. The summed E-state index contributed by atoms with van der Waals surface area (Å²) in [4.78, 5) is 0. The molecule has 0 aliphatic carbocycles. The van der Waals surface area contributed by atoms with Gasteiger partial charge in [-0.25, -0.2) is 8.78 Å². The first-order valence-corrected chi connectivity index (χ1v) is 7.31. The maximum atomic E-state index is 13.6. The zero-order valence-electron chi connectivity index (χ0n) is 12.1. The molecule has 2 aromatic rings. The van der Waals surface area contributed by atoms with Crippen LogP contribution in [-0.4, -0.2) is 6.54 Å². The topological polar surface area (TPSA) is 12.0 Å². The van der Waals surface area contributed by atoms with E-state index in [1.165, 1.54) is 18.2 Å². The molecule has 0 aromatic heterocycles. The van der Waals surface area contributed by atoms with Crippen molar-refractivity contribution in [3.05, 3.63) is 69.7 Å². The van der Waals surface area contributed by atoms with E-state index in [0.717, 1.165) is 23.2 Å². The summed E-state index contributed by atoms with van der Waals surface area (Å²) in [5.41, 5.74) is 2.56. The van der Waals surface area contributed by atoms with Gasteiger partial charge in [-0.1, -0.05) is 30.7 Å². The quantitative estimate of drug-likeness (QED) is 0.835. The van der Waals surface area contributed by atoms with Crippen molar-refractivity contribution in [1.82, 2.24) is 5.32 Å². The fraction of sp³-hybridized carbons (Fsp3) is 0.294. The van der Waals surface area contributed by atoms with Crippen LogP contribution in [0, 0.1) is 18.6 Å². The summed E-state index contributed by atoms with van der Waals surface area (Å²) < 4.78 is 27.1. The monoisotopic (exact) mass is 309 g/mol. The zero-order chi connectivity index (χ0) is 15.4. The van der Waals surface area contributed by atoms with Crippen molar-refractivity contribution in [2.75, 3.05) is 6.54 Å². The van der Waals surface area contributed by atoms with Crippen molar-refractivity contribution in [3.8, 4) is 0 Å². The summed E-state index contributed by atoms with van der Waals surface area (Å²) in [5.74, 6) is -0.685. The first-order chi connectivity index (χ1) is 9.99. The molecule has 21 heavy (non-hydrogen) atoms. The van der Waals surface area contributed by atoms with Crippen LogP contribution < -0.4 is 5.32 Å². The Hall–Kier alpha value is -1.45. The van der Waals surface area contributed by atoms with Gasteiger partial charge in [-0.3, -0.25) is 0 Å². The second kappa shape index (κ2) is 7.01. The number of aryl methyl sites for hydroxylation is 1. The predicted octanol–water partition coefficient (Wildman–Crippen LogP) is 4.82. The summed E-state index contributed by atoms with van der Waals surface area (Å²) in [6.45, 7) is 4.59. The van der Waals surface area contributed by atoms with Crippen LogP contribution in [0.15, 0.2) is 36.4 Å². The summed E-state index contributed by atoms with van der Waals surface area (Å²) in [5, 5.41) is 3.43. The van der Waals surface area contributed by atoms with Gasteiger partial charge in [-0.15, -0.1) is 0 Å². The number of hydrogen-bond acceptors (Lipinski definition) is 1. The lowest BCUT2D eigenvalue weighted by Crippen LogP contribution is -2.23. The Balaban J connectivity index is 2.27. The molecule has 1 atom stereocenters. The molecule has 1 nitrogen and oxygen atoms in total. The zero-order valence-corrected chi connectivity index (χ0v) is 12.8. The molecule has 0 bridgehead atoms. The van der Waals surface area contributed by atoms with E-state index >= 15 is 0 Å².